The van der Waals surface area contributed by atoms with Gasteiger partial charge in [-0.1, -0.05) is 32.8 Å². The van der Waals surface area contributed by atoms with Crippen molar-refractivity contribution in [3.63, 3.8) is 0 Å². The van der Waals surface area contributed by atoms with E-state index in [0.717, 1.165) is 79.6 Å². The zero-order valence-corrected chi connectivity index (χ0v) is 16.8. The molecule has 0 amide bonds. The Kier molecular flexibility index (Phi) is 4.15. The zero-order valence-electron chi connectivity index (χ0n) is 16.8. The van der Waals surface area contributed by atoms with Crippen LogP contribution in [0, 0.1) is 23.2 Å². The van der Waals surface area contributed by atoms with Crippen LogP contribution in [0.4, 0.5) is 0 Å². The largest absolute Gasteiger partial charge is 0.427 e. The standard InChI is InChI=1S/C24H28O4/c1-3-5-7-18-16-10-9-15-14-11-12-24(21(15)20(16)23(26)27-18)17(13-14)22(25)28-19(24)8-6-4-2/h7-8,13-15,21H,3-6,9-12H2,1-2H3/b18-7+,19-8+/t14-,15+,21-,24+/m1/s1. The van der Waals surface area contributed by atoms with E-state index < -0.39 is 5.41 Å². The molecule has 148 valence electrons. The van der Waals surface area contributed by atoms with E-state index in [0.29, 0.717) is 11.8 Å². The molecule has 1 saturated carbocycles. The predicted octanol–water partition coefficient (Wildman–Crippen LogP) is 5.13. The van der Waals surface area contributed by atoms with Gasteiger partial charge in [0.1, 0.15) is 11.5 Å². The van der Waals surface area contributed by atoms with Crippen LogP contribution in [0.5, 0.6) is 0 Å². The first-order chi connectivity index (χ1) is 13.6. The van der Waals surface area contributed by atoms with Gasteiger partial charge in [-0.2, -0.15) is 0 Å². The average molecular weight is 380 g/mol. The second kappa shape index (κ2) is 6.47. The lowest BCUT2D eigenvalue weighted by Crippen LogP contribution is -2.50. The summed E-state index contributed by atoms with van der Waals surface area (Å²) in [7, 11) is 0. The summed E-state index contributed by atoms with van der Waals surface area (Å²) in [5.74, 6) is 1.96. The Morgan fingerprint density at radius 2 is 1.86 bits per heavy atom. The third kappa shape index (κ3) is 2.23. The number of fused-ring (bicyclic) bond motifs is 1. The molecule has 28 heavy (non-hydrogen) atoms. The molecule has 2 fully saturated rings. The third-order valence-corrected chi connectivity index (χ3v) is 7.43. The van der Waals surface area contributed by atoms with Crippen LogP contribution in [-0.4, -0.2) is 11.9 Å². The van der Waals surface area contributed by atoms with E-state index in [2.05, 4.69) is 32.1 Å². The molecule has 4 nitrogen and oxygen atoms in total. The van der Waals surface area contributed by atoms with Crippen LogP contribution in [-0.2, 0) is 19.1 Å². The SMILES string of the molecule is CCC/C=C1/OC(=O)C2=C1CC[C@H]1[C@H]3C=C4C(=O)O/C(=C/CCC)[C@@]4(CC3)[C@@H]21. The first kappa shape index (κ1) is 18.0. The number of ether oxygens (including phenoxy) is 2. The van der Waals surface area contributed by atoms with Gasteiger partial charge in [0.25, 0.3) is 0 Å². The fourth-order valence-electron chi connectivity index (χ4n) is 6.29. The van der Waals surface area contributed by atoms with Crippen molar-refractivity contribution in [2.45, 2.75) is 65.2 Å². The monoisotopic (exact) mass is 380 g/mol. The van der Waals surface area contributed by atoms with Crippen molar-refractivity contribution in [2.75, 3.05) is 0 Å². The zero-order chi connectivity index (χ0) is 19.5. The number of hydrogen-bond donors (Lipinski definition) is 0. The second-order valence-electron chi connectivity index (χ2n) is 8.82. The highest BCUT2D eigenvalue weighted by Gasteiger charge is 2.66. The van der Waals surface area contributed by atoms with Gasteiger partial charge in [-0.15, -0.1) is 0 Å². The highest BCUT2D eigenvalue weighted by atomic mass is 16.5. The number of allylic oxidation sites excluding steroid dienone is 5. The minimum absolute atomic E-state index is 0.0181. The number of carbonyl (C=O) groups is 2. The van der Waals surface area contributed by atoms with Crippen LogP contribution in [0.25, 0.3) is 0 Å². The highest BCUT2D eigenvalue weighted by Crippen LogP contribution is 2.68. The Labute approximate surface area is 166 Å². The predicted molar refractivity (Wildman–Crippen MR) is 105 cm³/mol. The van der Waals surface area contributed by atoms with Gasteiger partial charge in [-0.05, 0) is 62.5 Å². The van der Waals surface area contributed by atoms with Crippen molar-refractivity contribution in [3.05, 3.63) is 46.5 Å². The van der Waals surface area contributed by atoms with Crippen molar-refractivity contribution in [2.24, 2.45) is 23.2 Å². The number of hydrogen-bond acceptors (Lipinski definition) is 4. The quantitative estimate of drug-likeness (QED) is 0.635. The minimum Gasteiger partial charge on any atom is -0.427 e. The Morgan fingerprint density at radius 1 is 1.07 bits per heavy atom. The molecule has 4 heteroatoms. The minimum atomic E-state index is -0.452. The summed E-state index contributed by atoms with van der Waals surface area (Å²) < 4.78 is 11.6. The van der Waals surface area contributed by atoms with Gasteiger partial charge in [-0.25, -0.2) is 9.59 Å². The number of unbranched alkanes of at least 4 members (excludes halogenated alkanes) is 2. The molecule has 6 aliphatic rings. The molecule has 0 aromatic carbocycles. The Morgan fingerprint density at radius 3 is 2.64 bits per heavy atom. The molecule has 4 atom stereocenters. The molecule has 0 aromatic heterocycles. The van der Waals surface area contributed by atoms with E-state index in [9.17, 15) is 9.59 Å². The first-order valence-electron chi connectivity index (χ1n) is 10.9. The van der Waals surface area contributed by atoms with Crippen LogP contribution in [0.1, 0.15) is 65.2 Å². The fourth-order valence-corrected chi connectivity index (χ4v) is 6.29. The van der Waals surface area contributed by atoms with Crippen molar-refractivity contribution >= 4 is 11.9 Å². The van der Waals surface area contributed by atoms with Gasteiger partial charge in [0, 0.05) is 22.6 Å². The summed E-state index contributed by atoms with van der Waals surface area (Å²) in [6, 6.07) is 0. The van der Waals surface area contributed by atoms with Gasteiger partial charge in [-0.3, -0.25) is 0 Å². The summed E-state index contributed by atoms with van der Waals surface area (Å²) in [6.45, 7) is 4.26. The van der Waals surface area contributed by atoms with E-state index in [-0.39, 0.29) is 17.9 Å². The maximum Gasteiger partial charge on any atom is 0.340 e. The maximum absolute atomic E-state index is 13.0. The molecule has 2 bridgehead atoms. The van der Waals surface area contributed by atoms with Gasteiger partial charge in [0.2, 0.25) is 0 Å². The molecule has 1 saturated heterocycles. The Balaban J connectivity index is 1.68. The van der Waals surface area contributed by atoms with Crippen molar-refractivity contribution in [1.82, 2.24) is 0 Å². The molecule has 4 aliphatic carbocycles. The second-order valence-corrected chi connectivity index (χ2v) is 8.82. The van der Waals surface area contributed by atoms with E-state index in [1.54, 1.807) is 0 Å². The van der Waals surface area contributed by atoms with Gasteiger partial charge in [0.05, 0.1) is 5.41 Å². The number of esters is 2. The first-order valence-corrected chi connectivity index (χ1v) is 10.9. The van der Waals surface area contributed by atoms with E-state index in [1.165, 1.54) is 0 Å². The number of rotatable bonds is 4. The average Bonchev–Trinajstić information content (AvgIpc) is 3.19. The van der Waals surface area contributed by atoms with Crippen molar-refractivity contribution in [3.8, 4) is 0 Å². The van der Waals surface area contributed by atoms with Gasteiger partial charge >= 0.3 is 11.9 Å². The molecule has 0 radical (unpaired) electrons. The smallest absolute Gasteiger partial charge is 0.340 e. The molecule has 6 rings (SSSR count). The van der Waals surface area contributed by atoms with Crippen molar-refractivity contribution < 1.29 is 19.1 Å². The van der Waals surface area contributed by atoms with Gasteiger partial charge in [0.15, 0.2) is 0 Å². The lowest BCUT2D eigenvalue weighted by Gasteiger charge is -2.54. The topological polar surface area (TPSA) is 52.6 Å². The number of cyclic esters (lactones) is 2. The maximum atomic E-state index is 13.0. The normalized spacial score (nSPS) is 38.4. The van der Waals surface area contributed by atoms with E-state index in [1.807, 2.05) is 0 Å². The lowest BCUT2D eigenvalue weighted by atomic mass is 9.47. The molecular formula is C24H28O4. The molecular weight excluding hydrogens is 352 g/mol. The van der Waals surface area contributed by atoms with Crippen LogP contribution in [0.2, 0.25) is 0 Å². The van der Waals surface area contributed by atoms with Crippen LogP contribution >= 0.6 is 0 Å². The molecule has 2 heterocycles. The van der Waals surface area contributed by atoms with Crippen molar-refractivity contribution in [1.29, 1.82) is 0 Å². The summed E-state index contributed by atoms with van der Waals surface area (Å²) in [5.41, 5.74) is 2.29. The van der Waals surface area contributed by atoms with Gasteiger partial charge < -0.3 is 9.47 Å². The highest BCUT2D eigenvalue weighted by molar-refractivity contribution is 5.99. The molecule has 0 N–H and O–H groups in total. The van der Waals surface area contributed by atoms with E-state index >= 15 is 0 Å². The molecule has 1 spiro atoms. The summed E-state index contributed by atoms with van der Waals surface area (Å²) in [4.78, 5) is 25.8. The fraction of sp³-hybridized carbons (Fsp3) is 0.583. The Bertz CT molecular complexity index is 871. The molecule has 2 aliphatic heterocycles. The molecule has 0 aromatic rings. The summed E-state index contributed by atoms with van der Waals surface area (Å²) in [6.07, 6.45) is 14.1. The number of carbonyl (C=O) groups excluding carboxylic acids is 2. The van der Waals surface area contributed by atoms with Crippen LogP contribution in [0.3, 0.4) is 0 Å². The van der Waals surface area contributed by atoms with Crippen LogP contribution in [0.15, 0.2) is 46.5 Å². The van der Waals surface area contributed by atoms with Crippen LogP contribution < -0.4 is 0 Å². The Hall–Kier alpha value is -2.10. The summed E-state index contributed by atoms with van der Waals surface area (Å²) in [5, 5.41) is 0. The molecule has 0 unspecified atom stereocenters. The lowest BCUT2D eigenvalue weighted by molar-refractivity contribution is -0.135. The summed E-state index contributed by atoms with van der Waals surface area (Å²) >= 11 is 0. The third-order valence-electron chi connectivity index (χ3n) is 7.43. The van der Waals surface area contributed by atoms with E-state index in [4.69, 9.17) is 9.47 Å².